The van der Waals surface area contributed by atoms with Crippen LogP contribution in [0.3, 0.4) is 0 Å². The minimum atomic E-state index is -0.518. The highest BCUT2D eigenvalue weighted by Crippen LogP contribution is 2.42. The minimum absolute atomic E-state index is 0.138. The number of carbonyl (C=O) groups excluding carboxylic acids is 1. The van der Waals surface area contributed by atoms with Gasteiger partial charge in [0.15, 0.2) is 8.68 Å². The van der Waals surface area contributed by atoms with Crippen LogP contribution in [0.25, 0.3) is 0 Å². The lowest BCUT2D eigenvalue weighted by Gasteiger charge is -2.27. The first-order valence-electron chi connectivity index (χ1n) is 7.01. The van der Waals surface area contributed by atoms with E-state index in [-0.39, 0.29) is 5.97 Å². The van der Waals surface area contributed by atoms with Gasteiger partial charge in [0.25, 0.3) is 0 Å². The van der Waals surface area contributed by atoms with Gasteiger partial charge < -0.3 is 10.1 Å². The highest BCUT2D eigenvalue weighted by Gasteiger charge is 2.46. The normalized spacial score (nSPS) is 25.2. The summed E-state index contributed by atoms with van der Waals surface area (Å²) >= 11 is 4.97. The Bertz CT molecular complexity index is 483. The van der Waals surface area contributed by atoms with Crippen LogP contribution < -0.4 is 5.32 Å². The highest BCUT2D eigenvalue weighted by molar-refractivity contribution is 8.03. The van der Waals surface area contributed by atoms with E-state index in [9.17, 15) is 4.79 Å². The number of nitrogens with one attached hydrogen (secondary N) is 1. The molecular formula is C13H21N3O2S3. The Labute approximate surface area is 138 Å². The lowest BCUT2D eigenvalue weighted by atomic mass is 9.97. The number of aromatic nitrogens is 2. The number of esters is 1. The number of ether oxygens (including phenoxy) is 1. The zero-order chi connectivity index (χ0) is 15.3. The molecule has 8 heteroatoms. The standard InChI is InChI=1S/C13H21N3O2S3/c1-4-7-14-13(10(17)18-2)6-5-9(8-13)20-12-16-15-11(19-3)21-12/h9,14H,4-8H2,1-3H3. The molecule has 0 radical (unpaired) electrons. The smallest absolute Gasteiger partial charge is 0.326 e. The SMILES string of the molecule is CCCNC1(C(=O)OC)CCC(Sc2nnc(SC)s2)C1. The second kappa shape index (κ2) is 7.80. The minimum Gasteiger partial charge on any atom is -0.468 e. The van der Waals surface area contributed by atoms with E-state index in [0.29, 0.717) is 5.25 Å². The number of hydrogen-bond acceptors (Lipinski definition) is 8. The molecule has 0 saturated heterocycles. The van der Waals surface area contributed by atoms with Gasteiger partial charge in [-0.2, -0.15) is 0 Å². The van der Waals surface area contributed by atoms with Crippen molar-refractivity contribution in [3.8, 4) is 0 Å². The largest absolute Gasteiger partial charge is 0.468 e. The van der Waals surface area contributed by atoms with Crippen LogP contribution in [0.2, 0.25) is 0 Å². The van der Waals surface area contributed by atoms with E-state index in [2.05, 4.69) is 22.4 Å². The summed E-state index contributed by atoms with van der Waals surface area (Å²) in [5.41, 5.74) is -0.518. The summed E-state index contributed by atoms with van der Waals surface area (Å²) in [6.07, 6.45) is 5.61. The van der Waals surface area contributed by atoms with Gasteiger partial charge in [-0.15, -0.1) is 10.2 Å². The van der Waals surface area contributed by atoms with E-state index in [1.54, 1.807) is 34.9 Å². The van der Waals surface area contributed by atoms with Crippen molar-refractivity contribution in [2.45, 2.75) is 52.1 Å². The molecule has 1 fully saturated rings. The van der Waals surface area contributed by atoms with Gasteiger partial charge in [-0.3, -0.25) is 4.79 Å². The molecule has 2 rings (SSSR count). The quantitative estimate of drug-likeness (QED) is 0.601. The van der Waals surface area contributed by atoms with E-state index >= 15 is 0 Å². The summed E-state index contributed by atoms with van der Waals surface area (Å²) in [7, 11) is 1.47. The average molecular weight is 348 g/mol. The van der Waals surface area contributed by atoms with Crippen molar-refractivity contribution in [2.24, 2.45) is 0 Å². The van der Waals surface area contributed by atoms with Gasteiger partial charge >= 0.3 is 5.97 Å². The van der Waals surface area contributed by atoms with Gasteiger partial charge in [-0.25, -0.2) is 0 Å². The van der Waals surface area contributed by atoms with Crippen molar-refractivity contribution in [1.29, 1.82) is 0 Å². The Balaban J connectivity index is 2.00. The van der Waals surface area contributed by atoms with E-state index in [4.69, 9.17) is 4.74 Å². The van der Waals surface area contributed by atoms with Crippen molar-refractivity contribution in [1.82, 2.24) is 15.5 Å². The zero-order valence-electron chi connectivity index (χ0n) is 12.5. The fraction of sp³-hybridized carbons (Fsp3) is 0.769. The summed E-state index contributed by atoms with van der Waals surface area (Å²) in [4.78, 5) is 12.2. The predicted molar refractivity (Wildman–Crippen MR) is 88.2 cm³/mol. The van der Waals surface area contributed by atoms with Gasteiger partial charge in [0.1, 0.15) is 5.54 Å². The van der Waals surface area contributed by atoms with Gasteiger partial charge in [0.2, 0.25) is 0 Å². The lowest BCUT2D eigenvalue weighted by molar-refractivity contribution is -0.148. The molecule has 1 saturated carbocycles. The summed E-state index contributed by atoms with van der Waals surface area (Å²) < 4.78 is 6.99. The fourth-order valence-electron chi connectivity index (χ4n) is 2.55. The molecule has 2 atom stereocenters. The maximum Gasteiger partial charge on any atom is 0.326 e. The molecule has 0 bridgehead atoms. The second-order valence-electron chi connectivity index (χ2n) is 5.02. The Morgan fingerprint density at radius 1 is 1.52 bits per heavy atom. The predicted octanol–water partition coefficient (Wildman–Crippen LogP) is 2.82. The van der Waals surface area contributed by atoms with Crippen LogP contribution in [0.4, 0.5) is 0 Å². The molecule has 2 unspecified atom stereocenters. The summed E-state index contributed by atoms with van der Waals surface area (Å²) in [5.74, 6) is -0.138. The van der Waals surface area contributed by atoms with Crippen LogP contribution in [0.1, 0.15) is 32.6 Å². The molecule has 1 N–H and O–H groups in total. The lowest BCUT2D eigenvalue weighted by Crippen LogP contribution is -2.51. The molecular weight excluding hydrogens is 326 g/mol. The number of hydrogen-bond donors (Lipinski definition) is 1. The monoisotopic (exact) mass is 347 g/mol. The van der Waals surface area contributed by atoms with Crippen molar-refractivity contribution in [3.05, 3.63) is 0 Å². The van der Waals surface area contributed by atoms with Gasteiger partial charge in [0.05, 0.1) is 7.11 Å². The molecule has 1 aromatic heterocycles. The number of methoxy groups -OCH3 is 1. The van der Waals surface area contributed by atoms with Crippen molar-refractivity contribution < 1.29 is 9.53 Å². The average Bonchev–Trinajstić information content (AvgIpc) is 3.12. The number of carbonyl (C=O) groups is 1. The number of thioether (sulfide) groups is 2. The summed E-state index contributed by atoms with van der Waals surface area (Å²) in [6.45, 7) is 2.94. The third kappa shape index (κ3) is 4.12. The molecule has 118 valence electrons. The molecule has 21 heavy (non-hydrogen) atoms. The molecule has 1 aliphatic rings. The maximum atomic E-state index is 12.2. The first-order chi connectivity index (χ1) is 10.1. The summed E-state index contributed by atoms with van der Waals surface area (Å²) in [6, 6.07) is 0. The van der Waals surface area contributed by atoms with E-state index < -0.39 is 5.54 Å². The summed E-state index contributed by atoms with van der Waals surface area (Å²) in [5, 5.41) is 12.1. The zero-order valence-corrected chi connectivity index (χ0v) is 15.0. The third-order valence-corrected chi connectivity index (χ3v) is 6.84. The van der Waals surface area contributed by atoms with Crippen LogP contribution >= 0.6 is 34.9 Å². The molecule has 0 amide bonds. The van der Waals surface area contributed by atoms with E-state index in [1.165, 1.54) is 7.11 Å². The molecule has 1 heterocycles. The van der Waals surface area contributed by atoms with Crippen molar-refractivity contribution >= 4 is 40.8 Å². The molecule has 0 spiro atoms. The van der Waals surface area contributed by atoms with Gasteiger partial charge in [-0.05, 0) is 38.5 Å². The first-order valence-corrected chi connectivity index (χ1v) is 9.93. The van der Waals surface area contributed by atoms with Crippen LogP contribution in [-0.2, 0) is 9.53 Å². The van der Waals surface area contributed by atoms with E-state index in [1.807, 2.05) is 6.26 Å². The van der Waals surface area contributed by atoms with E-state index in [0.717, 1.165) is 40.9 Å². The van der Waals surface area contributed by atoms with Crippen LogP contribution in [0, 0.1) is 0 Å². The Morgan fingerprint density at radius 3 is 2.90 bits per heavy atom. The second-order valence-corrected chi connectivity index (χ2v) is 8.60. The maximum absolute atomic E-state index is 12.2. The number of nitrogens with zero attached hydrogens (tertiary/aromatic N) is 2. The van der Waals surface area contributed by atoms with Gasteiger partial charge in [-0.1, -0.05) is 41.8 Å². The molecule has 0 aromatic carbocycles. The van der Waals surface area contributed by atoms with Gasteiger partial charge in [0, 0.05) is 5.25 Å². The number of rotatable bonds is 7. The molecule has 1 aromatic rings. The van der Waals surface area contributed by atoms with Crippen LogP contribution in [0.15, 0.2) is 8.68 Å². The molecule has 1 aliphatic carbocycles. The van der Waals surface area contributed by atoms with Crippen LogP contribution in [-0.4, -0.2) is 46.9 Å². The Morgan fingerprint density at radius 2 is 2.29 bits per heavy atom. The highest BCUT2D eigenvalue weighted by atomic mass is 32.2. The third-order valence-electron chi connectivity index (χ3n) is 3.59. The first kappa shape index (κ1) is 17.1. The Hall–Kier alpha value is -0.310. The van der Waals surface area contributed by atoms with Crippen molar-refractivity contribution in [3.63, 3.8) is 0 Å². The topological polar surface area (TPSA) is 64.1 Å². The molecule has 0 aliphatic heterocycles. The Kier molecular flexibility index (Phi) is 6.34. The van der Waals surface area contributed by atoms with Crippen LogP contribution in [0.5, 0.6) is 0 Å². The molecule has 5 nitrogen and oxygen atoms in total. The fourth-order valence-corrected chi connectivity index (χ4v) is 5.53. The van der Waals surface area contributed by atoms with Crippen molar-refractivity contribution in [2.75, 3.05) is 19.9 Å².